The number of benzene rings is 4. The lowest BCUT2D eigenvalue weighted by Gasteiger charge is -2.42. The van der Waals surface area contributed by atoms with Gasteiger partial charge in [0.15, 0.2) is 0 Å². The van der Waals surface area contributed by atoms with Gasteiger partial charge in [0.25, 0.3) is 5.91 Å². The highest BCUT2D eigenvalue weighted by Gasteiger charge is 2.43. The molecule has 43 heavy (non-hydrogen) atoms. The van der Waals surface area contributed by atoms with Crippen LogP contribution in [0.1, 0.15) is 64.3 Å². The molecule has 2 atom stereocenters. The van der Waals surface area contributed by atoms with E-state index in [0.29, 0.717) is 28.7 Å². The number of fused-ring (bicyclic) bond motifs is 1. The summed E-state index contributed by atoms with van der Waals surface area (Å²) in [5, 5.41) is 16.7. The van der Waals surface area contributed by atoms with Gasteiger partial charge < -0.3 is 15.7 Å². The molecule has 220 valence electrons. The van der Waals surface area contributed by atoms with Crippen molar-refractivity contribution in [2.45, 2.75) is 57.7 Å². The van der Waals surface area contributed by atoms with Crippen LogP contribution in [0.5, 0.6) is 0 Å². The van der Waals surface area contributed by atoms with E-state index in [4.69, 9.17) is 11.6 Å². The minimum Gasteiger partial charge on any atom is -0.392 e. The first-order chi connectivity index (χ1) is 20.9. The maximum atomic E-state index is 14.4. The zero-order chi connectivity index (χ0) is 29.9. The number of hydrogen-bond donors (Lipinski definition) is 3. The third-order valence-corrected chi connectivity index (χ3v) is 9.10. The smallest absolute Gasteiger partial charge is 0.260 e. The topological polar surface area (TPSA) is 81.7 Å². The Bertz CT molecular complexity index is 1630. The number of halogens is 1. The molecule has 4 aromatic carbocycles. The molecule has 1 aliphatic carbocycles. The van der Waals surface area contributed by atoms with Crippen molar-refractivity contribution in [3.05, 3.63) is 124 Å². The van der Waals surface area contributed by atoms with Crippen LogP contribution >= 0.6 is 11.6 Å². The minimum atomic E-state index is -0.576. The molecule has 0 radical (unpaired) electrons. The molecule has 0 bridgehead atoms. The van der Waals surface area contributed by atoms with Crippen molar-refractivity contribution in [1.29, 1.82) is 0 Å². The fourth-order valence-electron chi connectivity index (χ4n) is 6.48. The number of para-hydroxylation sites is 1. The quantitative estimate of drug-likeness (QED) is 0.205. The molecule has 2 amide bonds. The summed E-state index contributed by atoms with van der Waals surface area (Å²) in [7, 11) is 0. The molecule has 0 saturated heterocycles. The number of rotatable bonds is 7. The molecule has 1 saturated carbocycles. The molecular weight excluding hydrogens is 558 g/mol. The average Bonchev–Trinajstić information content (AvgIpc) is 3.53. The van der Waals surface area contributed by atoms with Crippen molar-refractivity contribution < 1.29 is 14.7 Å². The Morgan fingerprint density at radius 1 is 0.907 bits per heavy atom. The Balaban J connectivity index is 1.42. The summed E-state index contributed by atoms with van der Waals surface area (Å²) < 4.78 is 0. The Morgan fingerprint density at radius 3 is 2.33 bits per heavy atom. The molecule has 1 heterocycles. The van der Waals surface area contributed by atoms with E-state index < -0.39 is 12.0 Å². The van der Waals surface area contributed by atoms with Crippen molar-refractivity contribution in [3.8, 4) is 0 Å². The van der Waals surface area contributed by atoms with Gasteiger partial charge in [-0.1, -0.05) is 73.0 Å². The van der Waals surface area contributed by atoms with Gasteiger partial charge in [0, 0.05) is 23.1 Å². The van der Waals surface area contributed by atoms with Gasteiger partial charge in [-0.3, -0.25) is 14.5 Å². The first-order valence-corrected chi connectivity index (χ1v) is 15.3. The minimum absolute atomic E-state index is 0.0632. The number of aliphatic hydroxyl groups excluding tert-OH is 1. The maximum absolute atomic E-state index is 14.4. The van der Waals surface area contributed by atoms with E-state index in [1.807, 2.05) is 55.5 Å². The van der Waals surface area contributed by atoms with E-state index in [1.165, 1.54) is 25.7 Å². The fourth-order valence-corrected chi connectivity index (χ4v) is 6.70. The van der Waals surface area contributed by atoms with Crippen LogP contribution in [0.15, 0.2) is 91.0 Å². The van der Waals surface area contributed by atoms with Gasteiger partial charge in [-0.25, -0.2) is 0 Å². The van der Waals surface area contributed by atoms with Crippen molar-refractivity contribution in [3.63, 3.8) is 0 Å². The molecule has 0 spiro atoms. The number of aliphatic hydroxyl groups is 1. The number of hydrogen-bond acceptors (Lipinski definition) is 4. The highest BCUT2D eigenvalue weighted by Crippen LogP contribution is 2.44. The van der Waals surface area contributed by atoms with E-state index in [-0.39, 0.29) is 18.4 Å². The Morgan fingerprint density at radius 2 is 1.60 bits per heavy atom. The standard InChI is InChI=1S/C36H36ClN3O3/c1-23-20-29(19-16-26(23)22-41)39-35(42)31-21-25-8-2-7-13-33(25)40(36(43)30-11-5-6-12-32(30)37)34(31)24-14-17-28(18-15-24)38-27-9-3-4-10-27/h2,5-8,11-20,27,31,34,38,41H,3-4,9-10,21-22H2,1H3,(H,39,42)/t31-,34-/m0/s1. The van der Waals surface area contributed by atoms with E-state index in [9.17, 15) is 14.7 Å². The zero-order valence-corrected chi connectivity index (χ0v) is 25.0. The van der Waals surface area contributed by atoms with Crippen molar-refractivity contribution in [2.75, 3.05) is 15.5 Å². The number of nitrogens with zero attached hydrogens (tertiary/aromatic N) is 1. The summed E-state index contributed by atoms with van der Waals surface area (Å²) in [6.45, 7) is 1.85. The van der Waals surface area contributed by atoms with Crippen LogP contribution in [0.3, 0.4) is 0 Å². The summed E-state index contributed by atoms with van der Waals surface area (Å²) in [6, 6.07) is 28.4. The molecule has 2 aliphatic rings. The van der Waals surface area contributed by atoms with Gasteiger partial charge >= 0.3 is 0 Å². The normalized spacial score (nSPS) is 18.3. The van der Waals surface area contributed by atoms with Gasteiger partial charge in [0.2, 0.25) is 5.91 Å². The van der Waals surface area contributed by atoms with Crippen LogP contribution in [-0.4, -0.2) is 23.0 Å². The van der Waals surface area contributed by atoms with Gasteiger partial charge in [-0.2, -0.15) is 0 Å². The Hall–Kier alpha value is -4.13. The number of carbonyl (C=O) groups excluding carboxylic acids is 2. The third-order valence-electron chi connectivity index (χ3n) is 8.77. The zero-order valence-electron chi connectivity index (χ0n) is 24.2. The predicted octanol–water partition coefficient (Wildman–Crippen LogP) is 7.69. The predicted molar refractivity (Wildman–Crippen MR) is 173 cm³/mol. The second-order valence-electron chi connectivity index (χ2n) is 11.6. The molecular formula is C36H36ClN3O3. The van der Waals surface area contributed by atoms with Gasteiger partial charge in [0.1, 0.15) is 0 Å². The maximum Gasteiger partial charge on any atom is 0.260 e. The summed E-state index contributed by atoms with van der Waals surface area (Å²) in [6.07, 6.45) is 5.30. The summed E-state index contributed by atoms with van der Waals surface area (Å²) in [5.41, 5.74) is 6.35. The monoisotopic (exact) mass is 593 g/mol. The Labute approximate surface area is 257 Å². The van der Waals surface area contributed by atoms with Gasteiger partial charge in [-0.15, -0.1) is 0 Å². The van der Waals surface area contributed by atoms with E-state index in [0.717, 1.165) is 33.6 Å². The van der Waals surface area contributed by atoms with Gasteiger partial charge in [-0.05, 0) is 90.9 Å². The lowest BCUT2D eigenvalue weighted by Crippen LogP contribution is -2.47. The molecule has 4 aromatic rings. The lowest BCUT2D eigenvalue weighted by atomic mass is 9.80. The summed E-state index contributed by atoms with van der Waals surface area (Å²) in [4.78, 5) is 30.3. The van der Waals surface area contributed by atoms with Gasteiger partial charge in [0.05, 0.1) is 29.2 Å². The van der Waals surface area contributed by atoms with Crippen LogP contribution in [-0.2, 0) is 17.8 Å². The summed E-state index contributed by atoms with van der Waals surface area (Å²) >= 11 is 6.55. The van der Waals surface area contributed by atoms with Crippen LogP contribution in [0, 0.1) is 12.8 Å². The molecule has 1 aliphatic heterocycles. The van der Waals surface area contributed by atoms with Crippen molar-refractivity contribution in [1.82, 2.24) is 0 Å². The van der Waals surface area contributed by atoms with E-state index in [1.54, 1.807) is 35.2 Å². The molecule has 7 heteroatoms. The molecule has 6 nitrogen and oxygen atoms in total. The first kappa shape index (κ1) is 29.0. The Kier molecular flexibility index (Phi) is 8.50. The van der Waals surface area contributed by atoms with Crippen LogP contribution in [0.2, 0.25) is 5.02 Å². The second-order valence-corrected chi connectivity index (χ2v) is 12.0. The number of carbonyl (C=O) groups is 2. The number of nitrogens with one attached hydrogen (secondary N) is 2. The molecule has 6 rings (SSSR count). The SMILES string of the molecule is Cc1cc(NC(=O)[C@H]2Cc3ccccc3N(C(=O)c3ccccc3Cl)[C@H]2c2ccc(NC3CCCC3)cc2)ccc1CO. The first-order valence-electron chi connectivity index (χ1n) is 15.0. The fraction of sp³-hybridized carbons (Fsp3) is 0.278. The lowest BCUT2D eigenvalue weighted by molar-refractivity contribution is -0.120. The van der Waals surface area contributed by atoms with Crippen LogP contribution < -0.4 is 15.5 Å². The average molecular weight is 594 g/mol. The number of aryl methyl sites for hydroxylation is 1. The molecule has 3 N–H and O–H groups in total. The second kappa shape index (κ2) is 12.6. The summed E-state index contributed by atoms with van der Waals surface area (Å²) in [5.74, 6) is -1.01. The van der Waals surface area contributed by atoms with E-state index in [2.05, 4.69) is 22.8 Å². The van der Waals surface area contributed by atoms with Crippen LogP contribution in [0.4, 0.5) is 17.1 Å². The molecule has 1 fully saturated rings. The molecule has 0 aromatic heterocycles. The molecule has 0 unspecified atom stereocenters. The van der Waals surface area contributed by atoms with Crippen LogP contribution in [0.25, 0.3) is 0 Å². The highest BCUT2D eigenvalue weighted by atomic mass is 35.5. The number of anilines is 3. The van der Waals surface area contributed by atoms with Crippen molar-refractivity contribution >= 4 is 40.5 Å². The third kappa shape index (κ3) is 6.03. The van der Waals surface area contributed by atoms with E-state index >= 15 is 0 Å². The number of amides is 2. The largest absolute Gasteiger partial charge is 0.392 e. The van der Waals surface area contributed by atoms with Crippen molar-refractivity contribution in [2.24, 2.45) is 5.92 Å². The highest BCUT2D eigenvalue weighted by molar-refractivity contribution is 6.34.